The van der Waals surface area contributed by atoms with Gasteiger partial charge in [-0.15, -0.1) is 0 Å². The van der Waals surface area contributed by atoms with Gasteiger partial charge in [0.2, 0.25) is 0 Å². The molecule has 17 heavy (non-hydrogen) atoms. The molecule has 1 aliphatic rings. The molecule has 0 bridgehead atoms. The fraction of sp³-hybridized carbons (Fsp3) is 0.143. The van der Waals surface area contributed by atoms with Crippen molar-refractivity contribution in [3.63, 3.8) is 0 Å². The summed E-state index contributed by atoms with van der Waals surface area (Å²) >= 11 is 5.87. The largest absolute Gasteiger partial charge is 0.293 e. The highest BCUT2D eigenvalue weighted by Crippen LogP contribution is 2.33. The molecule has 0 N–H and O–H groups in total. The lowest BCUT2D eigenvalue weighted by Crippen LogP contribution is -2.16. The van der Waals surface area contributed by atoms with Crippen LogP contribution in [0.5, 0.6) is 0 Å². The van der Waals surface area contributed by atoms with Crippen LogP contribution in [0.4, 0.5) is 8.78 Å². The fourth-order valence-corrected chi connectivity index (χ4v) is 1.61. The lowest BCUT2D eigenvalue weighted by Gasteiger charge is -2.16. The van der Waals surface area contributed by atoms with E-state index < -0.39 is 5.92 Å². The molecule has 90 valence electrons. The lowest BCUT2D eigenvalue weighted by molar-refractivity contribution is 0.101. The number of hydrogen-bond acceptors (Lipinski definition) is 0. The van der Waals surface area contributed by atoms with Crippen molar-refractivity contribution in [3.05, 3.63) is 71.4 Å². The van der Waals surface area contributed by atoms with Crippen LogP contribution < -0.4 is 0 Å². The van der Waals surface area contributed by atoms with Gasteiger partial charge < -0.3 is 0 Å². The zero-order chi connectivity index (χ0) is 12.9. The van der Waals surface area contributed by atoms with Crippen molar-refractivity contribution in [2.24, 2.45) is 0 Å². The molecule has 0 aromatic rings. The summed E-state index contributed by atoms with van der Waals surface area (Å²) in [4.78, 5) is 0. The molecule has 0 aromatic carbocycles. The molecule has 0 atom stereocenters. The molecule has 0 saturated carbocycles. The number of hydrogen-bond donors (Lipinski definition) is 0. The Morgan fingerprint density at radius 3 is 2.53 bits per heavy atom. The summed E-state index contributed by atoms with van der Waals surface area (Å²) in [5, 5.41) is 0.0248. The monoisotopic (exact) mass is 254 g/mol. The Bertz CT molecular complexity index is 449. The molecule has 0 radical (unpaired) electrons. The first kappa shape index (κ1) is 13.7. The summed E-state index contributed by atoms with van der Waals surface area (Å²) in [6, 6.07) is 0. The van der Waals surface area contributed by atoms with Crippen LogP contribution in [0.2, 0.25) is 0 Å². The first-order valence-electron chi connectivity index (χ1n) is 5.12. The van der Waals surface area contributed by atoms with E-state index in [1.165, 1.54) is 24.3 Å². The highest BCUT2D eigenvalue weighted by Gasteiger charge is 2.31. The van der Waals surface area contributed by atoms with Crippen LogP contribution in [0.25, 0.3) is 0 Å². The van der Waals surface area contributed by atoms with Gasteiger partial charge in [0.05, 0.1) is 5.03 Å². The van der Waals surface area contributed by atoms with Crippen molar-refractivity contribution >= 4 is 11.6 Å². The number of halogens is 3. The summed E-state index contributed by atoms with van der Waals surface area (Å²) < 4.78 is 27.6. The van der Waals surface area contributed by atoms with E-state index in [1.54, 1.807) is 25.2 Å². The molecule has 1 rings (SSSR count). The minimum atomic E-state index is -3.09. The molecule has 0 amide bonds. The third kappa shape index (κ3) is 3.53. The van der Waals surface area contributed by atoms with E-state index in [9.17, 15) is 8.78 Å². The van der Waals surface area contributed by atoms with E-state index in [4.69, 9.17) is 11.6 Å². The SMILES string of the molecule is C=CC1=C/C(C(F)(F)/C=C/C)=C(Cl)\C=C\C=C\1. The zero-order valence-electron chi connectivity index (χ0n) is 9.46. The summed E-state index contributed by atoms with van der Waals surface area (Å²) in [7, 11) is 0. The molecular formula is C14H13ClF2. The molecular weight excluding hydrogens is 242 g/mol. The standard InChI is InChI=1S/C14H13ClF2/c1-3-9-14(16,17)12-10-11(4-2)7-5-6-8-13(12)15/h3-10H,2H2,1H3/b6-5?,7-5+,8-6+,9-3+,11-7?,11-10-,12-10?,13-8?,13-12-. The van der Waals surface area contributed by atoms with E-state index in [0.29, 0.717) is 5.57 Å². The topological polar surface area (TPSA) is 0 Å². The molecule has 0 saturated heterocycles. The molecule has 0 fully saturated rings. The Kier molecular flexibility index (Phi) is 4.64. The highest BCUT2D eigenvalue weighted by molar-refractivity contribution is 6.32. The van der Waals surface area contributed by atoms with Crippen LogP contribution in [-0.4, -0.2) is 5.92 Å². The minimum Gasteiger partial charge on any atom is -0.196 e. The van der Waals surface area contributed by atoms with Gasteiger partial charge in [0.15, 0.2) is 0 Å². The van der Waals surface area contributed by atoms with E-state index in [2.05, 4.69) is 6.58 Å². The van der Waals surface area contributed by atoms with Crippen molar-refractivity contribution < 1.29 is 8.78 Å². The van der Waals surface area contributed by atoms with Crippen molar-refractivity contribution in [2.45, 2.75) is 12.8 Å². The maximum absolute atomic E-state index is 13.8. The van der Waals surface area contributed by atoms with E-state index in [0.717, 1.165) is 6.08 Å². The molecule has 1 aliphatic carbocycles. The third-order valence-electron chi connectivity index (χ3n) is 2.18. The Hall–Kier alpha value is -1.41. The van der Waals surface area contributed by atoms with Crippen molar-refractivity contribution in [3.8, 4) is 0 Å². The molecule has 0 aromatic heterocycles. The van der Waals surface area contributed by atoms with Gasteiger partial charge in [-0.3, -0.25) is 0 Å². The van der Waals surface area contributed by atoms with Gasteiger partial charge in [0.1, 0.15) is 0 Å². The summed E-state index contributed by atoms with van der Waals surface area (Å²) in [5.74, 6) is -3.09. The minimum absolute atomic E-state index is 0.0248. The van der Waals surface area contributed by atoms with Crippen LogP contribution in [0.15, 0.2) is 71.4 Å². The number of allylic oxidation sites excluding steroid dienone is 11. The Morgan fingerprint density at radius 2 is 1.94 bits per heavy atom. The molecule has 0 aliphatic heterocycles. The average molecular weight is 255 g/mol. The van der Waals surface area contributed by atoms with Crippen molar-refractivity contribution in [2.75, 3.05) is 0 Å². The van der Waals surface area contributed by atoms with Crippen LogP contribution in [0.3, 0.4) is 0 Å². The normalized spacial score (nSPS) is 28.1. The molecule has 0 unspecified atom stereocenters. The van der Waals surface area contributed by atoms with Crippen molar-refractivity contribution in [1.29, 1.82) is 0 Å². The Labute approximate surface area is 105 Å². The summed E-state index contributed by atoms with van der Waals surface area (Å²) in [6.45, 7) is 5.11. The lowest BCUT2D eigenvalue weighted by atomic mass is 10.0. The van der Waals surface area contributed by atoms with E-state index in [1.807, 2.05) is 0 Å². The smallest absolute Gasteiger partial charge is 0.196 e. The van der Waals surface area contributed by atoms with Crippen LogP contribution in [0, 0.1) is 0 Å². The Balaban J connectivity index is 3.34. The maximum atomic E-state index is 13.8. The average Bonchev–Trinajstić information content (AvgIpc) is 2.24. The highest BCUT2D eigenvalue weighted by atomic mass is 35.5. The number of rotatable bonds is 3. The second-order valence-corrected chi connectivity index (χ2v) is 3.86. The maximum Gasteiger partial charge on any atom is 0.293 e. The number of alkyl halides is 2. The predicted octanol–water partition coefficient (Wildman–Crippen LogP) is 4.93. The first-order chi connectivity index (χ1) is 8.01. The molecule has 0 heterocycles. The van der Waals surface area contributed by atoms with Crippen LogP contribution >= 0.6 is 11.6 Å². The van der Waals surface area contributed by atoms with Gasteiger partial charge in [-0.25, -0.2) is 0 Å². The van der Waals surface area contributed by atoms with Crippen molar-refractivity contribution in [1.82, 2.24) is 0 Å². The molecule has 3 heteroatoms. The van der Waals surface area contributed by atoms with Crippen LogP contribution in [-0.2, 0) is 0 Å². The predicted molar refractivity (Wildman–Crippen MR) is 69.2 cm³/mol. The molecule has 0 spiro atoms. The Morgan fingerprint density at radius 1 is 1.29 bits per heavy atom. The van der Waals surface area contributed by atoms with Gasteiger partial charge in [-0.05, 0) is 30.7 Å². The first-order valence-corrected chi connectivity index (χ1v) is 5.50. The zero-order valence-corrected chi connectivity index (χ0v) is 10.2. The summed E-state index contributed by atoms with van der Waals surface area (Å²) in [5.41, 5.74) is 0.361. The van der Waals surface area contributed by atoms with Gasteiger partial charge >= 0.3 is 0 Å². The quantitative estimate of drug-likeness (QED) is 0.627. The second kappa shape index (κ2) is 5.78. The molecule has 0 nitrogen and oxygen atoms in total. The second-order valence-electron chi connectivity index (χ2n) is 3.45. The fourth-order valence-electron chi connectivity index (χ4n) is 1.36. The van der Waals surface area contributed by atoms with E-state index >= 15 is 0 Å². The van der Waals surface area contributed by atoms with Gasteiger partial charge in [-0.2, -0.15) is 8.78 Å². The van der Waals surface area contributed by atoms with Gasteiger partial charge in [-0.1, -0.05) is 48.6 Å². The third-order valence-corrected chi connectivity index (χ3v) is 2.51. The van der Waals surface area contributed by atoms with Crippen LogP contribution in [0.1, 0.15) is 6.92 Å². The van der Waals surface area contributed by atoms with E-state index in [-0.39, 0.29) is 10.6 Å². The summed E-state index contributed by atoms with van der Waals surface area (Å²) in [6.07, 6.45) is 11.4. The van der Waals surface area contributed by atoms with Gasteiger partial charge in [0.25, 0.3) is 5.92 Å². The van der Waals surface area contributed by atoms with Gasteiger partial charge in [0, 0.05) is 5.57 Å².